The first kappa shape index (κ1) is 11.2. The molecule has 4 heteroatoms. The van der Waals surface area contributed by atoms with Crippen LogP contribution in [-0.4, -0.2) is 30.1 Å². The SMILES string of the molecule is COC(=O)C1(C(=O)C(C)C)CC(O)C1. The molecule has 0 atom stereocenters. The highest BCUT2D eigenvalue weighted by Gasteiger charge is 2.56. The van der Waals surface area contributed by atoms with Crippen molar-refractivity contribution in [1.29, 1.82) is 0 Å². The Morgan fingerprint density at radius 2 is 1.93 bits per heavy atom. The Bertz CT molecular complexity index is 251. The lowest BCUT2D eigenvalue weighted by Gasteiger charge is -2.42. The van der Waals surface area contributed by atoms with Crippen LogP contribution in [0.15, 0.2) is 0 Å². The van der Waals surface area contributed by atoms with Crippen LogP contribution in [0.2, 0.25) is 0 Å². The number of carbonyl (C=O) groups excluding carboxylic acids is 2. The maximum atomic E-state index is 11.8. The topological polar surface area (TPSA) is 63.6 Å². The number of esters is 1. The van der Waals surface area contributed by atoms with Crippen molar-refractivity contribution in [1.82, 2.24) is 0 Å². The van der Waals surface area contributed by atoms with E-state index in [1.54, 1.807) is 13.8 Å². The van der Waals surface area contributed by atoms with Crippen LogP contribution in [0.1, 0.15) is 26.7 Å². The van der Waals surface area contributed by atoms with Gasteiger partial charge in [-0.15, -0.1) is 0 Å². The van der Waals surface area contributed by atoms with E-state index in [0.717, 1.165) is 0 Å². The van der Waals surface area contributed by atoms with Crippen LogP contribution in [0.25, 0.3) is 0 Å². The fraction of sp³-hybridized carbons (Fsp3) is 0.800. The van der Waals surface area contributed by atoms with Gasteiger partial charge in [-0.1, -0.05) is 13.8 Å². The average Bonchev–Trinajstić information content (AvgIpc) is 2.09. The molecular weight excluding hydrogens is 184 g/mol. The van der Waals surface area contributed by atoms with Crippen molar-refractivity contribution >= 4 is 11.8 Å². The van der Waals surface area contributed by atoms with E-state index >= 15 is 0 Å². The lowest BCUT2D eigenvalue weighted by atomic mass is 9.62. The molecule has 1 aliphatic rings. The van der Waals surface area contributed by atoms with Crippen molar-refractivity contribution in [2.75, 3.05) is 7.11 Å². The van der Waals surface area contributed by atoms with Crippen molar-refractivity contribution in [3.8, 4) is 0 Å². The molecule has 1 rings (SSSR count). The number of rotatable bonds is 3. The maximum Gasteiger partial charge on any atom is 0.319 e. The highest BCUT2D eigenvalue weighted by Crippen LogP contribution is 2.44. The summed E-state index contributed by atoms with van der Waals surface area (Å²) >= 11 is 0. The van der Waals surface area contributed by atoms with Crippen LogP contribution < -0.4 is 0 Å². The molecule has 1 aliphatic carbocycles. The first-order valence-corrected chi connectivity index (χ1v) is 4.75. The van der Waals surface area contributed by atoms with Crippen LogP contribution in [0.4, 0.5) is 0 Å². The van der Waals surface area contributed by atoms with E-state index in [2.05, 4.69) is 4.74 Å². The van der Waals surface area contributed by atoms with Gasteiger partial charge in [-0.3, -0.25) is 9.59 Å². The zero-order valence-corrected chi connectivity index (χ0v) is 8.74. The summed E-state index contributed by atoms with van der Waals surface area (Å²) in [4.78, 5) is 23.2. The monoisotopic (exact) mass is 200 g/mol. The summed E-state index contributed by atoms with van der Waals surface area (Å²) in [5.74, 6) is -0.849. The minimum Gasteiger partial charge on any atom is -0.468 e. The van der Waals surface area contributed by atoms with E-state index in [1.165, 1.54) is 7.11 Å². The minimum absolute atomic E-state index is 0.130. The van der Waals surface area contributed by atoms with E-state index in [9.17, 15) is 14.7 Å². The van der Waals surface area contributed by atoms with Gasteiger partial charge in [-0.2, -0.15) is 0 Å². The highest BCUT2D eigenvalue weighted by atomic mass is 16.5. The van der Waals surface area contributed by atoms with Crippen molar-refractivity contribution in [2.24, 2.45) is 11.3 Å². The first-order chi connectivity index (χ1) is 6.44. The van der Waals surface area contributed by atoms with E-state index in [-0.39, 0.29) is 24.5 Å². The molecule has 0 saturated heterocycles. The van der Waals surface area contributed by atoms with Gasteiger partial charge < -0.3 is 9.84 Å². The average molecular weight is 200 g/mol. The van der Waals surface area contributed by atoms with Crippen LogP contribution in [0, 0.1) is 11.3 Å². The standard InChI is InChI=1S/C10H16O4/c1-6(2)8(12)10(9(13)14-3)4-7(11)5-10/h6-7,11H,4-5H2,1-3H3. The number of Topliss-reactive ketones (excluding diaryl/α,β-unsaturated/α-hetero) is 1. The van der Waals surface area contributed by atoms with Crippen LogP contribution in [-0.2, 0) is 14.3 Å². The molecule has 0 aromatic rings. The minimum atomic E-state index is -1.07. The quantitative estimate of drug-likeness (QED) is 0.533. The second-order valence-corrected chi connectivity index (χ2v) is 4.15. The molecular formula is C10H16O4. The second kappa shape index (κ2) is 3.69. The summed E-state index contributed by atoms with van der Waals surface area (Å²) in [5.41, 5.74) is -1.07. The predicted octanol–water partition coefficient (Wildman–Crippen LogP) is 0.526. The largest absolute Gasteiger partial charge is 0.468 e. The Labute approximate surface area is 83.2 Å². The molecule has 0 aliphatic heterocycles. The predicted molar refractivity (Wildman–Crippen MR) is 49.5 cm³/mol. The molecule has 1 saturated carbocycles. The Kier molecular flexibility index (Phi) is 2.95. The normalized spacial score (nSPS) is 31.1. The second-order valence-electron chi connectivity index (χ2n) is 4.15. The smallest absolute Gasteiger partial charge is 0.319 e. The van der Waals surface area contributed by atoms with Gasteiger partial charge >= 0.3 is 5.97 Å². The van der Waals surface area contributed by atoms with Crippen LogP contribution in [0.5, 0.6) is 0 Å². The maximum absolute atomic E-state index is 11.8. The molecule has 0 heterocycles. The number of carbonyl (C=O) groups is 2. The van der Waals surface area contributed by atoms with E-state index in [1.807, 2.05) is 0 Å². The summed E-state index contributed by atoms with van der Waals surface area (Å²) < 4.78 is 4.61. The van der Waals surface area contributed by atoms with Gasteiger partial charge in [0.15, 0.2) is 5.78 Å². The summed E-state index contributed by atoms with van der Waals surface area (Å²) in [6.45, 7) is 3.50. The molecule has 0 amide bonds. The van der Waals surface area contributed by atoms with E-state index in [4.69, 9.17) is 0 Å². The van der Waals surface area contributed by atoms with Crippen molar-refractivity contribution in [3.63, 3.8) is 0 Å². The Morgan fingerprint density at radius 3 is 2.21 bits per heavy atom. The Hall–Kier alpha value is -0.900. The molecule has 0 aromatic carbocycles. The number of ketones is 1. The van der Waals surface area contributed by atoms with Gasteiger partial charge in [0, 0.05) is 5.92 Å². The van der Waals surface area contributed by atoms with E-state index in [0.29, 0.717) is 0 Å². The fourth-order valence-electron chi connectivity index (χ4n) is 1.96. The summed E-state index contributed by atoms with van der Waals surface area (Å²) in [5, 5.41) is 9.20. The van der Waals surface area contributed by atoms with Crippen molar-refractivity contribution in [3.05, 3.63) is 0 Å². The third-order valence-electron chi connectivity index (χ3n) is 2.74. The zero-order chi connectivity index (χ0) is 10.9. The van der Waals surface area contributed by atoms with Gasteiger partial charge in [-0.25, -0.2) is 0 Å². The molecule has 80 valence electrons. The summed E-state index contributed by atoms with van der Waals surface area (Å²) in [6.07, 6.45) is -0.135. The lowest BCUT2D eigenvalue weighted by molar-refractivity contribution is -0.174. The molecule has 1 N–H and O–H groups in total. The van der Waals surface area contributed by atoms with Gasteiger partial charge in [0.25, 0.3) is 0 Å². The molecule has 0 unspecified atom stereocenters. The van der Waals surface area contributed by atoms with E-state index < -0.39 is 17.5 Å². The molecule has 14 heavy (non-hydrogen) atoms. The molecule has 0 bridgehead atoms. The highest BCUT2D eigenvalue weighted by molar-refractivity contribution is 6.05. The van der Waals surface area contributed by atoms with Crippen LogP contribution in [0.3, 0.4) is 0 Å². The Morgan fingerprint density at radius 1 is 1.43 bits per heavy atom. The molecule has 1 fully saturated rings. The number of hydrogen-bond acceptors (Lipinski definition) is 4. The van der Waals surface area contributed by atoms with Gasteiger partial charge in [0.1, 0.15) is 5.41 Å². The lowest BCUT2D eigenvalue weighted by Crippen LogP contribution is -2.54. The molecule has 4 nitrogen and oxygen atoms in total. The van der Waals surface area contributed by atoms with Crippen molar-refractivity contribution in [2.45, 2.75) is 32.8 Å². The third kappa shape index (κ3) is 1.54. The molecule has 0 spiro atoms. The van der Waals surface area contributed by atoms with Crippen LogP contribution >= 0.6 is 0 Å². The third-order valence-corrected chi connectivity index (χ3v) is 2.74. The number of methoxy groups -OCH3 is 1. The van der Waals surface area contributed by atoms with Gasteiger partial charge in [0.05, 0.1) is 13.2 Å². The summed E-state index contributed by atoms with van der Waals surface area (Å²) in [6, 6.07) is 0. The number of aliphatic hydroxyl groups is 1. The van der Waals surface area contributed by atoms with Crippen molar-refractivity contribution < 1.29 is 19.4 Å². The fourth-order valence-corrected chi connectivity index (χ4v) is 1.96. The summed E-state index contributed by atoms with van der Waals surface area (Å²) in [7, 11) is 1.27. The zero-order valence-electron chi connectivity index (χ0n) is 8.74. The molecule has 0 radical (unpaired) electrons. The number of ether oxygens (including phenoxy) is 1. The molecule has 0 aromatic heterocycles. The van der Waals surface area contributed by atoms with Gasteiger partial charge in [-0.05, 0) is 12.8 Å². The Balaban J connectivity index is 2.85. The van der Waals surface area contributed by atoms with Gasteiger partial charge in [0.2, 0.25) is 0 Å². The number of aliphatic hydroxyl groups excluding tert-OH is 1. The first-order valence-electron chi connectivity index (χ1n) is 4.75. The number of hydrogen-bond donors (Lipinski definition) is 1.